The Bertz CT molecular complexity index is 1140. The van der Waals surface area contributed by atoms with Crippen LogP contribution < -0.4 is 14.8 Å². The molecule has 0 bridgehead atoms. The van der Waals surface area contributed by atoms with Gasteiger partial charge in [0.15, 0.2) is 0 Å². The minimum absolute atomic E-state index is 0.156. The number of carbonyl (C=O) groups is 1. The molecule has 0 fully saturated rings. The number of amides is 1. The van der Waals surface area contributed by atoms with Crippen LogP contribution in [-0.4, -0.2) is 27.5 Å². The zero-order valence-corrected chi connectivity index (χ0v) is 18.1. The number of nitrogens with one attached hydrogen (secondary N) is 2. The molecular formula is C22H26N2O5S. The lowest BCUT2D eigenvalue weighted by Gasteiger charge is -2.11. The van der Waals surface area contributed by atoms with Crippen LogP contribution in [0.2, 0.25) is 0 Å². The van der Waals surface area contributed by atoms with Crippen molar-refractivity contribution in [1.82, 2.24) is 4.72 Å². The highest BCUT2D eigenvalue weighted by atomic mass is 32.2. The Morgan fingerprint density at radius 1 is 1.17 bits per heavy atom. The monoisotopic (exact) mass is 430 g/mol. The van der Waals surface area contributed by atoms with Crippen LogP contribution in [0.1, 0.15) is 36.7 Å². The number of sulfonamides is 1. The second-order valence-electron chi connectivity index (χ2n) is 7.40. The lowest BCUT2D eigenvalue weighted by Crippen LogP contribution is -2.28. The van der Waals surface area contributed by atoms with Gasteiger partial charge in [0.2, 0.25) is 10.0 Å². The van der Waals surface area contributed by atoms with Crippen LogP contribution in [0, 0.1) is 5.92 Å². The Hall–Kier alpha value is -2.84. The summed E-state index contributed by atoms with van der Waals surface area (Å²) in [5.74, 6) is 0.298. The van der Waals surface area contributed by atoms with Crippen LogP contribution in [0.15, 0.2) is 53.1 Å². The van der Waals surface area contributed by atoms with E-state index in [1.807, 2.05) is 20.8 Å². The Kier molecular flexibility index (Phi) is 6.79. The number of benzene rings is 2. The summed E-state index contributed by atoms with van der Waals surface area (Å²) in [7, 11) is -3.45. The Balaban J connectivity index is 1.76. The molecule has 0 atom stereocenters. The molecule has 160 valence electrons. The number of fused-ring (bicyclic) bond motifs is 1. The Labute approximate surface area is 176 Å². The van der Waals surface area contributed by atoms with Crippen molar-refractivity contribution in [2.75, 3.05) is 18.5 Å². The standard InChI is InChI=1S/C22H26N2O5S/c1-4-28-20-11-17(12-21-19(20)8-9-29-21)22(25)24-18-7-5-6-16(10-18)14-30(26,27)23-13-15(2)3/h5-12,15,23H,4,13-14H2,1-3H3,(H,24,25). The third-order valence-corrected chi connectivity index (χ3v) is 5.67. The van der Waals surface area contributed by atoms with Gasteiger partial charge in [-0.05, 0) is 48.7 Å². The average Bonchev–Trinajstić information content (AvgIpc) is 3.15. The second-order valence-corrected chi connectivity index (χ2v) is 9.20. The molecule has 0 spiro atoms. The zero-order valence-electron chi connectivity index (χ0n) is 17.3. The Morgan fingerprint density at radius 2 is 1.97 bits per heavy atom. The molecular weight excluding hydrogens is 404 g/mol. The van der Waals surface area contributed by atoms with Crippen molar-refractivity contribution in [3.05, 3.63) is 59.9 Å². The summed E-state index contributed by atoms with van der Waals surface area (Å²) < 4.78 is 38.1. The van der Waals surface area contributed by atoms with Crippen molar-refractivity contribution in [1.29, 1.82) is 0 Å². The van der Waals surface area contributed by atoms with Crippen molar-refractivity contribution in [3.8, 4) is 5.75 Å². The van der Waals surface area contributed by atoms with Crippen molar-refractivity contribution >= 4 is 32.6 Å². The molecule has 1 amide bonds. The minimum Gasteiger partial charge on any atom is -0.493 e. The summed E-state index contributed by atoms with van der Waals surface area (Å²) in [6.45, 7) is 6.60. The lowest BCUT2D eigenvalue weighted by molar-refractivity contribution is 0.102. The van der Waals surface area contributed by atoms with Crippen LogP contribution in [0.25, 0.3) is 11.0 Å². The maximum atomic E-state index is 12.8. The molecule has 3 aromatic rings. The fraction of sp³-hybridized carbons (Fsp3) is 0.318. The number of ether oxygens (including phenoxy) is 1. The summed E-state index contributed by atoms with van der Waals surface area (Å²) in [5.41, 5.74) is 2.04. The van der Waals surface area contributed by atoms with Gasteiger partial charge in [-0.3, -0.25) is 4.79 Å². The highest BCUT2D eigenvalue weighted by Crippen LogP contribution is 2.29. The van der Waals surface area contributed by atoms with E-state index in [2.05, 4.69) is 10.0 Å². The van der Waals surface area contributed by atoms with Crippen LogP contribution >= 0.6 is 0 Å². The first-order valence-electron chi connectivity index (χ1n) is 9.79. The molecule has 30 heavy (non-hydrogen) atoms. The summed E-state index contributed by atoms with van der Waals surface area (Å²) in [5, 5.41) is 3.61. The molecule has 8 heteroatoms. The van der Waals surface area contributed by atoms with Gasteiger partial charge in [0.1, 0.15) is 11.3 Å². The SMILES string of the molecule is CCOc1cc(C(=O)Nc2cccc(CS(=O)(=O)NCC(C)C)c2)cc2occc12. The molecule has 0 aliphatic carbocycles. The highest BCUT2D eigenvalue weighted by Gasteiger charge is 2.15. The van der Waals surface area contributed by atoms with E-state index in [4.69, 9.17) is 9.15 Å². The van der Waals surface area contributed by atoms with Crippen LogP contribution in [-0.2, 0) is 15.8 Å². The van der Waals surface area contributed by atoms with Gasteiger partial charge in [-0.1, -0.05) is 26.0 Å². The fourth-order valence-corrected chi connectivity index (χ4v) is 4.26. The van der Waals surface area contributed by atoms with E-state index in [-0.39, 0.29) is 17.6 Å². The normalized spacial score (nSPS) is 11.7. The summed E-state index contributed by atoms with van der Waals surface area (Å²) in [4.78, 5) is 12.8. The van der Waals surface area contributed by atoms with Crippen molar-refractivity contribution in [2.24, 2.45) is 5.92 Å². The Morgan fingerprint density at radius 3 is 2.70 bits per heavy atom. The van der Waals surface area contributed by atoms with Crippen molar-refractivity contribution in [2.45, 2.75) is 26.5 Å². The van der Waals surface area contributed by atoms with Gasteiger partial charge in [0, 0.05) is 17.8 Å². The van der Waals surface area contributed by atoms with Crippen LogP contribution in [0.3, 0.4) is 0 Å². The van der Waals surface area contributed by atoms with Crippen molar-refractivity contribution < 1.29 is 22.4 Å². The molecule has 0 radical (unpaired) electrons. The summed E-state index contributed by atoms with van der Waals surface area (Å²) >= 11 is 0. The maximum absolute atomic E-state index is 12.8. The van der Waals surface area contributed by atoms with E-state index < -0.39 is 10.0 Å². The van der Waals surface area contributed by atoms with Crippen LogP contribution in [0.4, 0.5) is 5.69 Å². The number of anilines is 1. The van der Waals surface area contributed by atoms with Gasteiger partial charge >= 0.3 is 0 Å². The van der Waals surface area contributed by atoms with E-state index in [0.29, 0.717) is 41.3 Å². The molecule has 2 aromatic carbocycles. The van der Waals surface area contributed by atoms with Crippen LogP contribution in [0.5, 0.6) is 5.75 Å². The average molecular weight is 431 g/mol. The molecule has 0 saturated heterocycles. The zero-order chi connectivity index (χ0) is 21.7. The summed E-state index contributed by atoms with van der Waals surface area (Å²) in [6.07, 6.45) is 1.55. The van der Waals surface area contributed by atoms with E-state index >= 15 is 0 Å². The third-order valence-electron chi connectivity index (χ3n) is 4.35. The number of rotatable bonds is 9. The number of hydrogen-bond donors (Lipinski definition) is 2. The minimum atomic E-state index is -3.45. The molecule has 2 N–H and O–H groups in total. The molecule has 1 aromatic heterocycles. The quantitative estimate of drug-likeness (QED) is 0.531. The molecule has 1 heterocycles. The largest absolute Gasteiger partial charge is 0.493 e. The molecule has 0 aliphatic rings. The first-order chi connectivity index (χ1) is 14.3. The number of furan rings is 1. The van der Waals surface area contributed by atoms with Gasteiger partial charge in [0.25, 0.3) is 5.91 Å². The smallest absolute Gasteiger partial charge is 0.255 e. The van der Waals surface area contributed by atoms with E-state index in [1.54, 1.807) is 48.7 Å². The van der Waals surface area contributed by atoms with Gasteiger partial charge < -0.3 is 14.5 Å². The lowest BCUT2D eigenvalue weighted by atomic mass is 10.1. The van der Waals surface area contributed by atoms with E-state index in [9.17, 15) is 13.2 Å². The summed E-state index contributed by atoms with van der Waals surface area (Å²) in [6, 6.07) is 11.9. The second kappa shape index (κ2) is 9.32. The predicted octanol–water partition coefficient (Wildman–Crippen LogP) is 4.16. The molecule has 3 rings (SSSR count). The van der Waals surface area contributed by atoms with E-state index in [0.717, 1.165) is 5.39 Å². The van der Waals surface area contributed by atoms with Crippen molar-refractivity contribution in [3.63, 3.8) is 0 Å². The van der Waals surface area contributed by atoms with Gasteiger partial charge in [-0.2, -0.15) is 0 Å². The highest BCUT2D eigenvalue weighted by molar-refractivity contribution is 7.88. The number of carbonyl (C=O) groups excluding carboxylic acids is 1. The van der Waals surface area contributed by atoms with Gasteiger partial charge in [-0.15, -0.1) is 0 Å². The van der Waals surface area contributed by atoms with Gasteiger partial charge in [-0.25, -0.2) is 13.1 Å². The predicted molar refractivity (Wildman–Crippen MR) is 117 cm³/mol. The number of hydrogen-bond acceptors (Lipinski definition) is 5. The molecule has 0 saturated carbocycles. The fourth-order valence-electron chi connectivity index (χ4n) is 2.95. The first-order valence-corrected chi connectivity index (χ1v) is 11.4. The molecule has 7 nitrogen and oxygen atoms in total. The van der Waals surface area contributed by atoms with E-state index in [1.165, 1.54) is 0 Å². The topological polar surface area (TPSA) is 97.6 Å². The third kappa shape index (κ3) is 5.61. The molecule has 0 unspecified atom stereocenters. The molecule has 0 aliphatic heterocycles. The van der Waals surface area contributed by atoms with Gasteiger partial charge in [0.05, 0.1) is 24.0 Å². The first kappa shape index (κ1) is 21.9. The maximum Gasteiger partial charge on any atom is 0.255 e.